The maximum absolute atomic E-state index is 12.0. The van der Waals surface area contributed by atoms with E-state index >= 15 is 0 Å². The molecular formula is C19H25N5O. The summed E-state index contributed by atoms with van der Waals surface area (Å²) in [7, 11) is 0. The highest BCUT2D eigenvalue weighted by atomic mass is 16.2. The summed E-state index contributed by atoms with van der Waals surface area (Å²) in [6.07, 6.45) is 1.70. The lowest BCUT2D eigenvalue weighted by Crippen LogP contribution is -2.49. The molecule has 0 spiro atoms. The fraction of sp³-hybridized carbons (Fsp3) is 0.368. The number of anilines is 3. The van der Waals surface area contributed by atoms with E-state index in [1.807, 2.05) is 42.5 Å². The summed E-state index contributed by atoms with van der Waals surface area (Å²) >= 11 is 0. The predicted molar refractivity (Wildman–Crippen MR) is 102 cm³/mol. The first-order chi connectivity index (χ1) is 12.1. The minimum atomic E-state index is -0.272. The van der Waals surface area contributed by atoms with Gasteiger partial charge in [0.25, 0.3) is 0 Å². The van der Waals surface area contributed by atoms with Gasteiger partial charge in [-0.15, -0.1) is 0 Å². The van der Waals surface area contributed by atoms with E-state index in [-0.39, 0.29) is 6.03 Å². The Bertz CT molecular complexity index is 679. The number of pyridine rings is 1. The first-order valence-electron chi connectivity index (χ1n) is 8.70. The van der Waals surface area contributed by atoms with E-state index in [9.17, 15) is 4.79 Å². The lowest BCUT2D eigenvalue weighted by atomic mass is 10.2. The summed E-state index contributed by atoms with van der Waals surface area (Å²) in [5.74, 6) is 0.956. The number of rotatable bonds is 4. The van der Waals surface area contributed by atoms with Crippen molar-refractivity contribution in [2.45, 2.75) is 19.9 Å². The monoisotopic (exact) mass is 339 g/mol. The van der Waals surface area contributed by atoms with E-state index in [0.29, 0.717) is 11.7 Å². The Balaban J connectivity index is 1.53. The molecule has 3 rings (SSSR count). The van der Waals surface area contributed by atoms with Crippen LogP contribution < -0.4 is 15.5 Å². The number of hydrogen-bond acceptors (Lipinski definition) is 4. The van der Waals surface area contributed by atoms with Gasteiger partial charge in [-0.2, -0.15) is 0 Å². The number of benzene rings is 1. The average molecular weight is 339 g/mol. The second-order valence-electron chi connectivity index (χ2n) is 6.47. The molecule has 1 aromatic carbocycles. The number of nitrogens with one attached hydrogen (secondary N) is 2. The molecule has 1 fully saturated rings. The quantitative estimate of drug-likeness (QED) is 0.898. The van der Waals surface area contributed by atoms with Crippen molar-refractivity contribution in [3.05, 3.63) is 48.7 Å². The van der Waals surface area contributed by atoms with Crippen LogP contribution in [0.2, 0.25) is 0 Å². The number of aromatic nitrogens is 1. The topological polar surface area (TPSA) is 60.5 Å². The van der Waals surface area contributed by atoms with Crippen molar-refractivity contribution in [2.75, 3.05) is 41.7 Å². The molecule has 2 amide bonds. The molecule has 0 bridgehead atoms. The van der Waals surface area contributed by atoms with Gasteiger partial charge in [-0.25, -0.2) is 9.78 Å². The highest BCUT2D eigenvalue weighted by Crippen LogP contribution is 2.17. The smallest absolute Gasteiger partial charge is 0.323 e. The number of nitrogens with zero attached hydrogens (tertiary/aromatic N) is 3. The molecule has 2 N–H and O–H groups in total. The van der Waals surface area contributed by atoms with Gasteiger partial charge in [0.1, 0.15) is 5.82 Å². The molecule has 0 atom stereocenters. The third kappa shape index (κ3) is 4.70. The Morgan fingerprint density at radius 3 is 2.24 bits per heavy atom. The Morgan fingerprint density at radius 2 is 1.64 bits per heavy atom. The minimum absolute atomic E-state index is 0.272. The van der Waals surface area contributed by atoms with Gasteiger partial charge in [-0.05, 0) is 38.1 Å². The third-order valence-electron chi connectivity index (χ3n) is 4.41. The summed E-state index contributed by atoms with van der Waals surface area (Å²) in [5, 5.41) is 5.59. The molecule has 0 unspecified atom stereocenters. The van der Waals surface area contributed by atoms with Crippen molar-refractivity contribution in [1.29, 1.82) is 0 Å². The van der Waals surface area contributed by atoms with Gasteiger partial charge in [0, 0.05) is 37.9 Å². The molecule has 6 nitrogen and oxygen atoms in total. The van der Waals surface area contributed by atoms with Crippen LogP contribution in [-0.4, -0.2) is 48.1 Å². The molecule has 0 radical (unpaired) electrons. The second-order valence-corrected chi connectivity index (χ2v) is 6.47. The van der Waals surface area contributed by atoms with Crippen LogP contribution in [0.1, 0.15) is 13.8 Å². The van der Waals surface area contributed by atoms with Gasteiger partial charge in [0.2, 0.25) is 0 Å². The van der Waals surface area contributed by atoms with E-state index in [2.05, 4.69) is 39.3 Å². The Labute approximate surface area is 148 Å². The van der Waals surface area contributed by atoms with Crippen molar-refractivity contribution < 1.29 is 4.79 Å². The standard InChI is InChI=1S/C19H25N5O/c1-15(2)23-10-12-24(13-11-23)18-9-8-17(14-20-18)22-19(25)21-16-6-4-3-5-7-16/h3-9,14-15H,10-13H2,1-2H3,(H2,21,22,25). The number of carbonyl (C=O) groups is 1. The number of amides is 2. The number of piperazine rings is 1. The van der Waals surface area contributed by atoms with Crippen molar-refractivity contribution in [2.24, 2.45) is 0 Å². The number of hydrogen-bond donors (Lipinski definition) is 2. The molecule has 1 saturated heterocycles. The van der Waals surface area contributed by atoms with Crippen LogP contribution in [0.4, 0.5) is 22.0 Å². The van der Waals surface area contributed by atoms with Crippen molar-refractivity contribution in [1.82, 2.24) is 9.88 Å². The summed E-state index contributed by atoms with van der Waals surface area (Å²) < 4.78 is 0. The Hall–Kier alpha value is -2.60. The zero-order chi connectivity index (χ0) is 17.6. The molecule has 2 heterocycles. The summed E-state index contributed by atoms with van der Waals surface area (Å²) in [6, 6.07) is 13.5. The van der Waals surface area contributed by atoms with Gasteiger partial charge >= 0.3 is 6.03 Å². The van der Waals surface area contributed by atoms with Crippen molar-refractivity contribution in [3.8, 4) is 0 Å². The maximum Gasteiger partial charge on any atom is 0.323 e. The molecule has 0 aliphatic carbocycles. The number of carbonyl (C=O) groups excluding carboxylic acids is 1. The fourth-order valence-electron chi connectivity index (χ4n) is 2.93. The minimum Gasteiger partial charge on any atom is -0.354 e. The van der Waals surface area contributed by atoms with Crippen LogP contribution >= 0.6 is 0 Å². The first-order valence-corrected chi connectivity index (χ1v) is 8.70. The van der Waals surface area contributed by atoms with E-state index in [0.717, 1.165) is 37.7 Å². The average Bonchev–Trinajstić information content (AvgIpc) is 2.63. The van der Waals surface area contributed by atoms with Gasteiger partial charge in [-0.3, -0.25) is 4.90 Å². The van der Waals surface area contributed by atoms with Crippen LogP contribution in [0.25, 0.3) is 0 Å². The highest BCUT2D eigenvalue weighted by Gasteiger charge is 2.19. The first kappa shape index (κ1) is 17.2. The lowest BCUT2D eigenvalue weighted by molar-refractivity contribution is 0.209. The molecule has 132 valence electrons. The summed E-state index contributed by atoms with van der Waals surface area (Å²) in [4.78, 5) is 21.3. The van der Waals surface area contributed by atoms with Crippen LogP contribution in [0.3, 0.4) is 0 Å². The summed E-state index contributed by atoms with van der Waals surface area (Å²) in [6.45, 7) is 8.53. The zero-order valence-corrected chi connectivity index (χ0v) is 14.8. The van der Waals surface area contributed by atoms with Gasteiger partial charge < -0.3 is 15.5 Å². The lowest BCUT2D eigenvalue weighted by Gasteiger charge is -2.37. The molecular weight excluding hydrogens is 314 g/mol. The van der Waals surface area contributed by atoms with Gasteiger partial charge in [0.15, 0.2) is 0 Å². The van der Waals surface area contributed by atoms with Gasteiger partial charge in [-0.1, -0.05) is 18.2 Å². The van der Waals surface area contributed by atoms with Crippen LogP contribution in [-0.2, 0) is 0 Å². The van der Waals surface area contributed by atoms with E-state index in [1.54, 1.807) is 6.20 Å². The molecule has 25 heavy (non-hydrogen) atoms. The van der Waals surface area contributed by atoms with E-state index < -0.39 is 0 Å². The summed E-state index contributed by atoms with van der Waals surface area (Å²) in [5.41, 5.74) is 1.44. The normalized spacial score (nSPS) is 15.2. The molecule has 0 saturated carbocycles. The molecule has 2 aromatic rings. The van der Waals surface area contributed by atoms with Crippen LogP contribution in [0.5, 0.6) is 0 Å². The molecule has 1 aliphatic heterocycles. The SMILES string of the molecule is CC(C)N1CCN(c2ccc(NC(=O)Nc3ccccc3)cn2)CC1. The van der Waals surface area contributed by atoms with Gasteiger partial charge in [0.05, 0.1) is 11.9 Å². The zero-order valence-electron chi connectivity index (χ0n) is 14.8. The van der Waals surface area contributed by atoms with Crippen molar-refractivity contribution in [3.63, 3.8) is 0 Å². The van der Waals surface area contributed by atoms with E-state index in [1.165, 1.54) is 0 Å². The molecule has 1 aromatic heterocycles. The van der Waals surface area contributed by atoms with Crippen LogP contribution in [0.15, 0.2) is 48.7 Å². The largest absolute Gasteiger partial charge is 0.354 e. The molecule has 1 aliphatic rings. The number of para-hydroxylation sites is 1. The molecule has 6 heteroatoms. The Kier molecular flexibility index (Phi) is 5.50. The van der Waals surface area contributed by atoms with E-state index in [4.69, 9.17) is 0 Å². The number of urea groups is 1. The third-order valence-corrected chi connectivity index (χ3v) is 4.41. The van der Waals surface area contributed by atoms with Crippen LogP contribution in [0, 0.1) is 0 Å². The second kappa shape index (κ2) is 7.98. The maximum atomic E-state index is 12.0. The predicted octanol–water partition coefficient (Wildman–Crippen LogP) is 3.26. The fourth-order valence-corrected chi connectivity index (χ4v) is 2.93. The highest BCUT2D eigenvalue weighted by molar-refractivity contribution is 5.99. The Morgan fingerprint density at radius 1 is 0.960 bits per heavy atom. The van der Waals surface area contributed by atoms with Crippen molar-refractivity contribution >= 4 is 23.2 Å².